The lowest BCUT2D eigenvalue weighted by atomic mass is 9.85. The number of likely N-dealkylation sites (tertiary alicyclic amines) is 1. The van der Waals surface area contributed by atoms with Crippen LogP contribution in [0, 0.1) is 35.3 Å². The highest BCUT2D eigenvalue weighted by Gasteiger charge is 2.54. The predicted molar refractivity (Wildman–Crippen MR) is 277 cm³/mol. The highest BCUT2D eigenvalue weighted by Crippen LogP contribution is 2.43. The Balaban J connectivity index is 0.761. The number of rotatable bonds is 19. The summed E-state index contributed by atoms with van der Waals surface area (Å²) in [7, 11) is 0. The Morgan fingerprint density at radius 1 is 1.00 bits per heavy atom. The van der Waals surface area contributed by atoms with Gasteiger partial charge < -0.3 is 34.4 Å². The molecule has 3 fully saturated rings. The van der Waals surface area contributed by atoms with Crippen LogP contribution in [0.3, 0.4) is 0 Å². The van der Waals surface area contributed by atoms with E-state index in [1.54, 1.807) is 40.5 Å². The van der Waals surface area contributed by atoms with E-state index >= 15 is 8.78 Å². The molecule has 402 valence electrons. The van der Waals surface area contributed by atoms with E-state index in [1.165, 1.54) is 26.1 Å². The second-order valence-corrected chi connectivity index (χ2v) is 21.7. The van der Waals surface area contributed by atoms with Gasteiger partial charge in [0.05, 0.1) is 70.6 Å². The van der Waals surface area contributed by atoms with Crippen LogP contribution in [0.5, 0.6) is 11.6 Å². The number of aliphatic hydroxyl groups excluding tert-OH is 1. The van der Waals surface area contributed by atoms with Gasteiger partial charge in [0.25, 0.3) is 17.7 Å². The summed E-state index contributed by atoms with van der Waals surface area (Å²) >= 11 is 7.03. The van der Waals surface area contributed by atoms with Gasteiger partial charge in [0.2, 0.25) is 5.91 Å². The van der Waals surface area contributed by atoms with Crippen LogP contribution in [-0.2, 0) is 27.0 Å². The normalized spacial score (nSPS) is 19.7. The van der Waals surface area contributed by atoms with E-state index in [1.807, 2.05) is 33.2 Å². The number of alkyl halides is 3. The summed E-state index contributed by atoms with van der Waals surface area (Å²) in [4.78, 5) is 54.3. The number of β-amino-alcohol motifs (C(OH)–C–C–N with tert-alkyl or cyclic N) is 1. The van der Waals surface area contributed by atoms with Crippen molar-refractivity contribution < 1.29 is 55.7 Å². The summed E-state index contributed by atoms with van der Waals surface area (Å²) in [6, 6.07) is 17.5. The van der Waals surface area contributed by atoms with Crippen LogP contribution in [0.4, 0.5) is 33.3 Å². The molecule has 5 aromatic rings. The van der Waals surface area contributed by atoms with Crippen molar-refractivity contribution in [2.45, 2.75) is 122 Å². The number of halogens is 5. The third kappa shape index (κ3) is 12.0. The molecule has 2 unspecified atom stereocenters. The van der Waals surface area contributed by atoms with Crippen LogP contribution in [-0.4, -0.2) is 98.6 Å². The predicted octanol–water partition coefficient (Wildman–Crippen LogP) is 9.24. The van der Waals surface area contributed by atoms with Crippen LogP contribution in [0.15, 0.2) is 78.4 Å². The van der Waals surface area contributed by atoms with Crippen LogP contribution < -0.4 is 29.9 Å². The Bertz CT molecular complexity index is 3020. The molecule has 15 nitrogen and oxygen atoms in total. The molecule has 0 aliphatic carbocycles. The average Bonchev–Trinajstić information content (AvgIpc) is 3.79. The Morgan fingerprint density at radius 3 is 2.30 bits per heavy atom. The first-order valence-electron chi connectivity index (χ1n) is 24.7. The van der Waals surface area contributed by atoms with Gasteiger partial charge in [-0.1, -0.05) is 45.0 Å². The lowest BCUT2D eigenvalue weighted by molar-refractivity contribution is -0.140. The largest absolute Gasteiger partial charge is 0.494 e. The number of aromatic nitrogens is 2. The summed E-state index contributed by atoms with van der Waals surface area (Å²) in [6.45, 7) is 11.6. The molecule has 0 radical (unpaired) electrons. The van der Waals surface area contributed by atoms with Crippen LogP contribution in [0.25, 0.3) is 10.4 Å². The number of epoxide rings is 1. The number of hydrogen-bond acceptors (Lipinski definition) is 13. The molecule has 5 atom stereocenters. The minimum Gasteiger partial charge on any atom is -0.494 e. The number of ether oxygens (including phenoxy) is 3. The Kier molecular flexibility index (Phi) is 16.5. The smallest absolute Gasteiger partial charge is 0.420 e. The summed E-state index contributed by atoms with van der Waals surface area (Å²) in [6.07, 6.45) is -2.35. The summed E-state index contributed by atoms with van der Waals surface area (Å²) < 4.78 is 89.5. The molecular formula is C54H57F5N8O7S2. The maximum absolute atomic E-state index is 15.4. The maximum atomic E-state index is 15.4. The lowest BCUT2D eigenvalue weighted by Crippen LogP contribution is -2.56. The Morgan fingerprint density at radius 2 is 1.68 bits per heavy atom. The summed E-state index contributed by atoms with van der Waals surface area (Å²) in [5.74, 6) is -4.15. The first kappa shape index (κ1) is 55.6. The molecule has 0 spiro atoms. The molecule has 3 saturated heterocycles. The molecule has 8 rings (SSSR count). The monoisotopic (exact) mass is 1090 g/mol. The molecule has 3 N–H and O–H groups in total. The van der Waals surface area contributed by atoms with Gasteiger partial charge >= 0.3 is 6.18 Å². The number of nitriles is 1. The number of aryl methyl sites for hydroxylation is 1. The van der Waals surface area contributed by atoms with Crippen molar-refractivity contribution in [2.24, 2.45) is 5.41 Å². The number of nitrogens with one attached hydrogen (secondary N) is 2. The molecule has 0 bridgehead atoms. The highest BCUT2D eigenvalue weighted by molar-refractivity contribution is 7.81. The number of thiocarbonyl (C=S) groups is 1. The van der Waals surface area contributed by atoms with Crippen LogP contribution in [0.2, 0.25) is 0 Å². The second-order valence-electron chi connectivity index (χ2n) is 20.5. The van der Waals surface area contributed by atoms with Crippen molar-refractivity contribution in [1.29, 1.82) is 5.26 Å². The number of carbonyl (C=O) groups excluding carboxylic acids is 3. The van der Waals surface area contributed by atoms with Crippen molar-refractivity contribution in [3.05, 3.63) is 118 Å². The van der Waals surface area contributed by atoms with Gasteiger partial charge in [-0.25, -0.2) is 18.7 Å². The fraction of sp³-hybridized carbons (Fsp3) is 0.426. The van der Waals surface area contributed by atoms with E-state index in [4.69, 9.17) is 31.7 Å². The van der Waals surface area contributed by atoms with E-state index in [2.05, 4.69) is 44.9 Å². The van der Waals surface area contributed by atoms with E-state index in [0.717, 1.165) is 51.2 Å². The standard InChI is InChI=1S/C54H57F5N8O7S2/c1-30-44(76-29-63-30)32-13-11-31(12-14-32)26-61-48-43(74-48)40-24-36(68)28-65(40)49(70)45(52(2,3)4)64-46(69)33-15-18-37(19-16-33)72-21-9-7-8-10-22-73-47-38(55)23-35(27-62-47)67-51(75)66(50(71)53(67,5)6)39-20-17-34(25-60)41(42(39)56)54(57,58)59/h11-20,23,27,29,36,40,43,45,48,61,68H,7-10,21-22,24,26,28H2,1-6H3,(H,64,69)/t36-,40+,43?,45-,48?/m1/s1. The zero-order chi connectivity index (χ0) is 54.9. The van der Waals surface area contributed by atoms with E-state index in [9.17, 15) is 32.7 Å². The number of unbranched alkanes of at least 4 members (excludes halogenated alkanes) is 3. The number of nitrogens with zero attached hydrogens (tertiary/aromatic N) is 6. The van der Waals surface area contributed by atoms with Gasteiger partial charge in [0.15, 0.2) is 16.7 Å². The van der Waals surface area contributed by atoms with Gasteiger partial charge in [0, 0.05) is 24.7 Å². The number of hydrogen-bond donors (Lipinski definition) is 3. The first-order chi connectivity index (χ1) is 36.0. The van der Waals surface area contributed by atoms with Crippen molar-refractivity contribution in [2.75, 3.05) is 29.6 Å². The van der Waals surface area contributed by atoms with Crippen molar-refractivity contribution in [3.8, 4) is 28.1 Å². The van der Waals surface area contributed by atoms with Gasteiger partial charge in [-0.05, 0) is 118 Å². The molecule has 3 aliphatic heterocycles. The summed E-state index contributed by atoms with van der Waals surface area (Å²) in [5, 5.41) is 25.9. The van der Waals surface area contributed by atoms with Gasteiger partial charge in [0.1, 0.15) is 35.2 Å². The molecule has 3 aliphatic rings. The van der Waals surface area contributed by atoms with Gasteiger partial charge in [-0.3, -0.25) is 24.6 Å². The van der Waals surface area contributed by atoms with E-state index in [0.29, 0.717) is 55.0 Å². The number of amides is 3. The number of aliphatic hydroxyl groups is 1. The molecule has 2 aromatic heterocycles. The van der Waals surface area contributed by atoms with E-state index in [-0.39, 0.29) is 49.0 Å². The maximum Gasteiger partial charge on any atom is 0.420 e. The second kappa shape index (κ2) is 22.5. The number of pyridine rings is 1. The Hall–Kier alpha value is -6.64. The molecule has 22 heteroatoms. The van der Waals surface area contributed by atoms with Gasteiger partial charge in [-0.15, -0.1) is 11.3 Å². The zero-order valence-corrected chi connectivity index (χ0v) is 44.2. The zero-order valence-electron chi connectivity index (χ0n) is 42.5. The van der Waals surface area contributed by atoms with Crippen molar-refractivity contribution >= 4 is 57.8 Å². The topological polar surface area (TPSA) is 186 Å². The van der Waals surface area contributed by atoms with Gasteiger partial charge in [-0.2, -0.15) is 18.4 Å². The van der Waals surface area contributed by atoms with Crippen molar-refractivity contribution in [3.63, 3.8) is 0 Å². The molecule has 76 heavy (non-hydrogen) atoms. The fourth-order valence-corrected chi connectivity index (χ4v) is 10.7. The molecule has 5 heterocycles. The molecule has 3 amide bonds. The SMILES string of the molecule is Cc1ncsc1-c1ccc(CNC2OC2[C@@H]2C[C@@H](O)CN2C(=O)[C@@H](NC(=O)c2ccc(OCCCCCCOc3ncc(N4C(=S)N(c5ccc(C#N)c(C(F)(F)F)c5F)C(=O)C4(C)C)cc3F)cc2)C(C)(C)C)cc1. The van der Waals surface area contributed by atoms with Crippen molar-refractivity contribution in [1.82, 2.24) is 25.5 Å². The van der Waals surface area contributed by atoms with Crippen LogP contribution in [0.1, 0.15) is 99.5 Å². The highest BCUT2D eigenvalue weighted by atomic mass is 32.1. The van der Waals surface area contributed by atoms with E-state index < -0.39 is 74.7 Å². The molecular weight excluding hydrogens is 1030 g/mol. The first-order valence-corrected chi connectivity index (χ1v) is 26.0. The summed E-state index contributed by atoms with van der Waals surface area (Å²) in [5.41, 5.74) is -0.558. The lowest BCUT2D eigenvalue weighted by Gasteiger charge is -2.35. The fourth-order valence-electron chi connectivity index (χ4n) is 9.40. The Labute approximate surface area is 446 Å². The third-order valence-corrected chi connectivity index (χ3v) is 14.9. The van der Waals surface area contributed by atoms with Crippen LogP contribution >= 0.6 is 23.6 Å². The molecule has 0 saturated carbocycles. The average molecular weight is 1090 g/mol. The minimum atomic E-state index is -5.24. The number of thiazole rings is 1. The molecule has 3 aromatic carbocycles. The number of benzene rings is 3. The third-order valence-electron chi connectivity index (χ3n) is 13.5. The minimum absolute atomic E-state index is 0.0300. The number of carbonyl (C=O) groups is 3. The number of anilines is 2. The quantitative estimate of drug-likeness (QED) is 0.0308.